The lowest BCUT2D eigenvalue weighted by Gasteiger charge is -2.15. The summed E-state index contributed by atoms with van der Waals surface area (Å²) < 4.78 is 0. The topological polar surface area (TPSA) is 38.0 Å². The van der Waals surface area contributed by atoms with Gasteiger partial charge in [-0.25, -0.2) is 0 Å². The Bertz CT molecular complexity index is 268. The Morgan fingerprint density at radius 1 is 1.54 bits per heavy atom. The summed E-state index contributed by atoms with van der Waals surface area (Å²) in [4.78, 5) is 2.75. The lowest BCUT2D eigenvalue weighted by molar-refractivity contribution is 0.561. The molecule has 3 heteroatoms. The summed E-state index contributed by atoms with van der Waals surface area (Å²) in [6, 6.07) is 2.56. The van der Waals surface area contributed by atoms with Crippen molar-refractivity contribution in [2.75, 3.05) is 13.1 Å². The van der Waals surface area contributed by atoms with Crippen molar-refractivity contribution in [3.05, 3.63) is 21.4 Å². The summed E-state index contributed by atoms with van der Waals surface area (Å²) in [5.74, 6) is 0. The van der Waals surface area contributed by atoms with E-state index in [0.29, 0.717) is 12.6 Å². The smallest absolute Gasteiger partial charge is 0.0455 e. The molecule has 0 aromatic carbocycles. The lowest BCUT2D eigenvalue weighted by atomic mass is 10.1. The molecule has 0 radical (unpaired) electrons. The number of aryl methyl sites for hydroxylation is 2. The molecule has 1 atom stereocenters. The van der Waals surface area contributed by atoms with Crippen molar-refractivity contribution >= 4 is 11.3 Å². The van der Waals surface area contributed by atoms with Gasteiger partial charge < -0.3 is 11.1 Å². The average Bonchev–Trinajstić information content (AvgIpc) is 2.41. The lowest BCUT2D eigenvalue weighted by Crippen LogP contribution is -2.28. The van der Waals surface area contributed by atoms with Crippen LogP contribution in [-0.4, -0.2) is 13.1 Å². The third-order valence-electron chi connectivity index (χ3n) is 2.14. The molecule has 0 aliphatic carbocycles. The van der Waals surface area contributed by atoms with E-state index in [9.17, 15) is 0 Å². The maximum Gasteiger partial charge on any atom is 0.0455 e. The van der Waals surface area contributed by atoms with Crippen LogP contribution in [0.3, 0.4) is 0 Å². The number of hydrogen-bond donors (Lipinski definition) is 2. The van der Waals surface area contributed by atoms with Gasteiger partial charge in [0.2, 0.25) is 0 Å². The molecule has 13 heavy (non-hydrogen) atoms. The van der Waals surface area contributed by atoms with Gasteiger partial charge in [0.25, 0.3) is 0 Å². The number of hydrogen-bond acceptors (Lipinski definition) is 3. The van der Waals surface area contributed by atoms with E-state index < -0.39 is 0 Å². The minimum atomic E-state index is 0.329. The summed E-state index contributed by atoms with van der Waals surface area (Å²) in [5.41, 5.74) is 7.08. The van der Waals surface area contributed by atoms with Gasteiger partial charge in [-0.15, -0.1) is 11.3 Å². The molecule has 0 amide bonds. The third kappa shape index (κ3) is 2.53. The molecule has 1 aromatic rings. The number of thiophene rings is 1. The fourth-order valence-corrected chi connectivity index (χ4v) is 2.55. The van der Waals surface area contributed by atoms with Gasteiger partial charge in [-0.2, -0.15) is 0 Å². The van der Waals surface area contributed by atoms with Crippen LogP contribution in [0.1, 0.15) is 28.3 Å². The predicted octanol–water partition coefficient (Wildman–Crippen LogP) is 1.97. The maximum absolute atomic E-state index is 5.71. The van der Waals surface area contributed by atoms with Gasteiger partial charge in [-0.05, 0) is 32.0 Å². The van der Waals surface area contributed by atoms with E-state index in [1.807, 2.05) is 11.3 Å². The maximum atomic E-state index is 5.71. The second kappa shape index (κ2) is 4.74. The highest BCUT2D eigenvalue weighted by molar-refractivity contribution is 7.12. The molecule has 0 fully saturated rings. The van der Waals surface area contributed by atoms with E-state index in [4.69, 9.17) is 5.73 Å². The van der Waals surface area contributed by atoms with Gasteiger partial charge in [0.1, 0.15) is 0 Å². The highest BCUT2D eigenvalue weighted by Crippen LogP contribution is 2.25. The number of rotatable bonds is 4. The van der Waals surface area contributed by atoms with Crippen LogP contribution in [0.25, 0.3) is 0 Å². The average molecular weight is 198 g/mol. The van der Waals surface area contributed by atoms with Gasteiger partial charge >= 0.3 is 0 Å². The minimum Gasteiger partial charge on any atom is -0.329 e. The summed E-state index contributed by atoms with van der Waals surface area (Å²) in [6.45, 7) is 8.05. The fraction of sp³-hybridized carbons (Fsp3) is 0.600. The first-order valence-corrected chi connectivity index (χ1v) is 5.51. The van der Waals surface area contributed by atoms with Gasteiger partial charge in [0, 0.05) is 22.3 Å². The van der Waals surface area contributed by atoms with Crippen molar-refractivity contribution < 1.29 is 0 Å². The Hall–Kier alpha value is -0.380. The Morgan fingerprint density at radius 2 is 2.23 bits per heavy atom. The molecule has 74 valence electrons. The van der Waals surface area contributed by atoms with Crippen LogP contribution in [0.4, 0.5) is 0 Å². The molecule has 1 unspecified atom stereocenters. The number of nitrogens with one attached hydrogen (secondary N) is 1. The largest absolute Gasteiger partial charge is 0.329 e. The van der Waals surface area contributed by atoms with Crippen LogP contribution in [0.2, 0.25) is 0 Å². The number of nitrogens with two attached hydrogens (primary N) is 1. The zero-order valence-electron chi connectivity index (χ0n) is 8.55. The molecule has 0 aliphatic rings. The molecule has 1 rings (SSSR count). The van der Waals surface area contributed by atoms with Crippen LogP contribution < -0.4 is 11.1 Å². The van der Waals surface area contributed by atoms with E-state index >= 15 is 0 Å². The predicted molar refractivity (Wildman–Crippen MR) is 59.3 cm³/mol. The van der Waals surface area contributed by atoms with Crippen molar-refractivity contribution in [3.8, 4) is 0 Å². The SMILES string of the molecule is CCNC(CN)c1cc(C)sc1C. The zero-order valence-corrected chi connectivity index (χ0v) is 9.37. The highest BCUT2D eigenvalue weighted by Gasteiger charge is 2.12. The summed E-state index contributed by atoms with van der Waals surface area (Å²) in [7, 11) is 0. The van der Waals surface area contributed by atoms with E-state index in [2.05, 4.69) is 32.2 Å². The van der Waals surface area contributed by atoms with Gasteiger partial charge in [-0.3, -0.25) is 0 Å². The first kappa shape index (κ1) is 10.7. The van der Waals surface area contributed by atoms with Gasteiger partial charge in [0.15, 0.2) is 0 Å². The Labute approximate surface area is 84.2 Å². The normalized spacial score (nSPS) is 13.2. The quantitative estimate of drug-likeness (QED) is 0.776. The molecular formula is C10H18N2S. The molecule has 2 nitrogen and oxygen atoms in total. The van der Waals surface area contributed by atoms with Crippen molar-refractivity contribution in [1.82, 2.24) is 5.32 Å². The zero-order chi connectivity index (χ0) is 9.84. The van der Waals surface area contributed by atoms with E-state index in [1.54, 1.807) is 0 Å². The van der Waals surface area contributed by atoms with Crippen LogP contribution in [0.15, 0.2) is 6.07 Å². The standard InChI is InChI=1S/C10H18N2S/c1-4-12-10(6-11)9-5-7(2)13-8(9)3/h5,10,12H,4,6,11H2,1-3H3. The second-order valence-electron chi connectivity index (χ2n) is 3.21. The summed E-state index contributed by atoms with van der Waals surface area (Å²) in [6.07, 6.45) is 0. The van der Waals surface area contributed by atoms with E-state index in [0.717, 1.165) is 6.54 Å². The third-order valence-corrected chi connectivity index (χ3v) is 3.12. The van der Waals surface area contributed by atoms with Crippen LogP contribution in [-0.2, 0) is 0 Å². The number of likely N-dealkylation sites (N-methyl/N-ethyl adjacent to an activating group) is 1. The van der Waals surface area contributed by atoms with E-state index in [1.165, 1.54) is 15.3 Å². The summed E-state index contributed by atoms with van der Waals surface area (Å²) >= 11 is 1.84. The van der Waals surface area contributed by atoms with Crippen LogP contribution >= 0.6 is 11.3 Å². The summed E-state index contributed by atoms with van der Waals surface area (Å²) in [5, 5.41) is 3.38. The van der Waals surface area contributed by atoms with Crippen LogP contribution in [0.5, 0.6) is 0 Å². The Morgan fingerprint density at radius 3 is 2.62 bits per heavy atom. The molecule has 0 saturated heterocycles. The molecule has 3 N–H and O–H groups in total. The minimum absolute atomic E-state index is 0.329. The molecule has 0 aliphatic heterocycles. The Kier molecular flexibility index (Phi) is 3.90. The fourth-order valence-electron chi connectivity index (χ4n) is 1.56. The first-order valence-electron chi connectivity index (χ1n) is 4.69. The van der Waals surface area contributed by atoms with Crippen molar-refractivity contribution in [2.45, 2.75) is 26.8 Å². The highest BCUT2D eigenvalue weighted by atomic mass is 32.1. The monoisotopic (exact) mass is 198 g/mol. The molecule has 0 spiro atoms. The first-order chi connectivity index (χ1) is 6.19. The molecule has 1 aromatic heterocycles. The second-order valence-corrected chi connectivity index (χ2v) is 4.67. The molecule has 1 heterocycles. The molecule has 0 bridgehead atoms. The van der Waals surface area contributed by atoms with Crippen molar-refractivity contribution in [1.29, 1.82) is 0 Å². The van der Waals surface area contributed by atoms with Gasteiger partial charge in [-0.1, -0.05) is 6.92 Å². The van der Waals surface area contributed by atoms with Crippen molar-refractivity contribution in [3.63, 3.8) is 0 Å². The molecular weight excluding hydrogens is 180 g/mol. The van der Waals surface area contributed by atoms with Crippen LogP contribution in [0, 0.1) is 13.8 Å². The molecule has 0 saturated carbocycles. The van der Waals surface area contributed by atoms with E-state index in [-0.39, 0.29) is 0 Å². The van der Waals surface area contributed by atoms with Crippen molar-refractivity contribution in [2.24, 2.45) is 5.73 Å². The Balaban J connectivity index is 2.83. The van der Waals surface area contributed by atoms with Gasteiger partial charge in [0.05, 0.1) is 0 Å².